The number of rotatable bonds is 5. The van der Waals surface area contributed by atoms with Gasteiger partial charge in [-0.05, 0) is 29.7 Å². The number of fused-ring (bicyclic) bond motifs is 1. The first kappa shape index (κ1) is 16.6. The maximum absolute atomic E-state index is 12.0. The molecule has 0 spiro atoms. The number of hydrogen-bond donors (Lipinski definition) is 1. The van der Waals surface area contributed by atoms with Gasteiger partial charge in [-0.15, -0.1) is 22.7 Å². The smallest absolute Gasteiger partial charge is 0.250 e. The summed E-state index contributed by atoms with van der Waals surface area (Å²) < 4.78 is 11.2. The predicted octanol–water partition coefficient (Wildman–Crippen LogP) is 5.28. The van der Waals surface area contributed by atoms with Crippen molar-refractivity contribution in [1.29, 1.82) is 0 Å². The molecule has 1 amide bonds. The van der Waals surface area contributed by atoms with Crippen LogP contribution >= 0.6 is 22.7 Å². The van der Waals surface area contributed by atoms with Gasteiger partial charge in [-0.3, -0.25) is 10.1 Å². The first-order valence-electron chi connectivity index (χ1n) is 7.78. The lowest BCUT2D eigenvalue weighted by Gasteiger charge is -1.98. The summed E-state index contributed by atoms with van der Waals surface area (Å²) in [6.45, 7) is 0. The monoisotopic (exact) mass is 382 g/mol. The summed E-state index contributed by atoms with van der Waals surface area (Å²) in [5.41, 5.74) is 1.35. The number of nitrogens with zero attached hydrogens (tertiary/aromatic N) is 1. The largest absolute Gasteiger partial charge is 0.493 e. The van der Waals surface area contributed by atoms with Crippen LogP contribution in [0.3, 0.4) is 0 Å². The molecule has 5 nitrogen and oxygen atoms in total. The molecule has 0 aliphatic carbocycles. The van der Waals surface area contributed by atoms with Crippen LogP contribution in [-0.4, -0.2) is 18.0 Å². The van der Waals surface area contributed by atoms with E-state index in [1.807, 2.05) is 47.2 Å². The third kappa shape index (κ3) is 3.40. The summed E-state index contributed by atoms with van der Waals surface area (Å²) in [4.78, 5) is 17.5. The number of thiophene rings is 1. The Balaban J connectivity index is 1.52. The molecule has 0 aliphatic rings. The van der Waals surface area contributed by atoms with Crippen molar-refractivity contribution in [3.63, 3.8) is 0 Å². The van der Waals surface area contributed by atoms with E-state index in [4.69, 9.17) is 9.15 Å². The molecule has 0 bridgehead atoms. The van der Waals surface area contributed by atoms with Crippen LogP contribution < -0.4 is 10.1 Å². The third-order valence-corrected chi connectivity index (χ3v) is 5.25. The number of carbonyl (C=O) groups excluding carboxylic acids is 1. The van der Waals surface area contributed by atoms with E-state index in [0.717, 1.165) is 10.3 Å². The van der Waals surface area contributed by atoms with E-state index in [0.29, 0.717) is 27.9 Å². The van der Waals surface area contributed by atoms with Crippen molar-refractivity contribution in [2.45, 2.75) is 0 Å². The molecule has 0 unspecified atom stereocenters. The highest BCUT2D eigenvalue weighted by Crippen LogP contribution is 2.34. The predicted molar refractivity (Wildman–Crippen MR) is 106 cm³/mol. The van der Waals surface area contributed by atoms with Gasteiger partial charge in [-0.25, -0.2) is 4.98 Å². The molecule has 3 heterocycles. The highest BCUT2D eigenvalue weighted by molar-refractivity contribution is 7.14. The van der Waals surface area contributed by atoms with Crippen LogP contribution in [0.2, 0.25) is 0 Å². The van der Waals surface area contributed by atoms with E-state index in [2.05, 4.69) is 10.3 Å². The Morgan fingerprint density at radius 2 is 2.19 bits per heavy atom. The number of anilines is 1. The molecule has 7 heteroatoms. The van der Waals surface area contributed by atoms with Gasteiger partial charge in [0.05, 0.1) is 7.11 Å². The average Bonchev–Trinajstić information content (AvgIpc) is 3.39. The lowest BCUT2D eigenvalue weighted by Crippen LogP contribution is -2.07. The summed E-state index contributed by atoms with van der Waals surface area (Å²) >= 11 is 2.93. The number of nitrogens with one attached hydrogen (secondary N) is 1. The number of furan rings is 1. The molecule has 1 N–H and O–H groups in total. The zero-order chi connectivity index (χ0) is 17.9. The van der Waals surface area contributed by atoms with Gasteiger partial charge < -0.3 is 9.15 Å². The zero-order valence-corrected chi connectivity index (χ0v) is 15.4. The molecular formula is C19H14N2O3S2. The maximum Gasteiger partial charge on any atom is 0.250 e. The van der Waals surface area contributed by atoms with Crippen molar-refractivity contribution in [2.75, 3.05) is 12.4 Å². The molecule has 0 saturated heterocycles. The van der Waals surface area contributed by atoms with Crippen molar-refractivity contribution >= 4 is 50.8 Å². The second-order valence-electron chi connectivity index (χ2n) is 5.37. The van der Waals surface area contributed by atoms with E-state index >= 15 is 0 Å². The second-order valence-corrected chi connectivity index (χ2v) is 7.20. The average molecular weight is 382 g/mol. The molecule has 3 aromatic heterocycles. The molecule has 26 heavy (non-hydrogen) atoms. The molecule has 0 aliphatic heterocycles. The molecular weight excluding hydrogens is 368 g/mol. The molecule has 0 saturated carbocycles. The maximum atomic E-state index is 12.0. The molecule has 4 rings (SSSR count). The third-order valence-electron chi connectivity index (χ3n) is 3.66. The Hall–Kier alpha value is -2.90. The van der Waals surface area contributed by atoms with E-state index in [1.54, 1.807) is 24.5 Å². The summed E-state index contributed by atoms with van der Waals surface area (Å²) in [5, 5.41) is 8.05. The molecule has 1 aromatic carbocycles. The Morgan fingerprint density at radius 3 is 3.00 bits per heavy atom. The van der Waals surface area contributed by atoms with E-state index in [9.17, 15) is 4.79 Å². The van der Waals surface area contributed by atoms with Crippen LogP contribution in [0.15, 0.2) is 57.7 Å². The summed E-state index contributed by atoms with van der Waals surface area (Å²) in [6, 6.07) is 11.5. The minimum Gasteiger partial charge on any atom is -0.493 e. The number of benzene rings is 1. The van der Waals surface area contributed by atoms with E-state index < -0.39 is 0 Å². The number of thiazole rings is 1. The Morgan fingerprint density at radius 1 is 1.27 bits per heavy atom. The van der Waals surface area contributed by atoms with E-state index in [1.165, 1.54) is 17.4 Å². The topological polar surface area (TPSA) is 64.4 Å². The number of aromatic nitrogens is 1. The molecule has 0 radical (unpaired) electrons. The van der Waals surface area contributed by atoms with Crippen LogP contribution in [0.5, 0.6) is 5.75 Å². The highest BCUT2D eigenvalue weighted by Gasteiger charge is 2.13. The standard InChI is InChI=1S/C19H14N2O3S2/c1-23-15-6-2-4-12-10-16(24-18(12)15)14-11-26-19(20-14)21-17(22)8-7-13-5-3-9-25-13/h2-11H,1H3,(H,20,21,22). The number of amides is 1. The van der Waals surface area contributed by atoms with Crippen LogP contribution in [0.4, 0.5) is 5.13 Å². The minimum atomic E-state index is -0.217. The van der Waals surface area contributed by atoms with Crippen LogP contribution in [0, 0.1) is 0 Å². The van der Waals surface area contributed by atoms with Crippen molar-refractivity contribution in [3.8, 4) is 17.2 Å². The van der Waals surface area contributed by atoms with Gasteiger partial charge in [0.1, 0.15) is 5.69 Å². The second kappa shape index (κ2) is 7.15. The van der Waals surface area contributed by atoms with Crippen LogP contribution in [0.1, 0.15) is 4.88 Å². The van der Waals surface area contributed by atoms with Gasteiger partial charge >= 0.3 is 0 Å². The van der Waals surface area contributed by atoms with Crippen molar-refractivity contribution in [3.05, 3.63) is 58.1 Å². The van der Waals surface area contributed by atoms with Gasteiger partial charge in [0.15, 0.2) is 22.2 Å². The van der Waals surface area contributed by atoms with Crippen LogP contribution in [-0.2, 0) is 4.79 Å². The fraction of sp³-hybridized carbons (Fsp3) is 0.0526. The zero-order valence-electron chi connectivity index (χ0n) is 13.8. The Labute approximate surface area is 157 Å². The lowest BCUT2D eigenvalue weighted by molar-refractivity contribution is -0.111. The number of ether oxygens (including phenoxy) is 1. The summed E-state index contributed by atoms with van der Waals surface area (Å²) in [7, 11) is 1.61. The number of hydrogen-bond acceptors (Lipinski definition) is 6. The van der Waals surface area contributed by atoms with Crippen molar-refractivity contribution < 1.29 is 13.9 Å². The number of para-hydroxylation sites is 1. The van der Waals surface area contributed by atoms with Gasteiger partial charge in [0.25, 0.3) is 0 Å². The van der Waals surface area contributed by atoms with Gasteiger partial charge in [-0.2, -0.15) is 0 Å². The summed E-state index contributed by atoms with van der Waals surface area (Å²) in [5.74, 6) is 1.09. The minimum absolute atomic E-state index is 0.217. The fourth-order valence-corrected chi connectivity index (χ4v) is 3.78. The molecule has 0 atom stereocenters. The fourth-order valence-electron chi connectivity index (χ4n) is 2.46. The first-order valence-corrected chi connectivity index (χ1v) is 9.54. The molecule has 0 fully saturated rings. The van der Waals surface area contributed by atoms with E-state index in [-0.39, 0.29) is 5.91 Å². The van der Waals surface area contributed by atoms with Gasteiger partial charge in [0.2, 0.25) is 5.91 Å². The number of methoxy groups -OCH3 is 1. The quantitative estimate of drug-likeness (QED) is 0.477. The molecule has 130 valence electrons. The first-order chi connectivity index (χ1) is 12.7. The lowest BCUT2D eigenvalue weighted by atomic mass is 10.2. The van der Waals surface area contributed by atoms with Crippen molar-refractivity contribution in [1.82, 2.24) is 4.98 Å². The summed E-state index contributed by atoms with van der Waals surface area (Å²) in [6.07, 6.45) is 3.28. The van der Waals surface area contributed by atoms with Gasteiger partial charge in [0, 0.05) is 21.7 Å². The van der Waals surface area contributed by atoms with Crippen molar-refractivity contribution in [2.24, 2.45) is 0 Å². The molecule has 4 aromatic rings. The number of carbonyl (C=O) groups is 1. The van der Waals surface area contributed by atoms with Crippen LogP contribution in [0.25, 0.3) is 28.5 Å². The Kier molecular flexibility index (Phi) is 4.55. The normalized spacial score (nSPS) is 11.3. The van der Waals surface area contributed by atoms with Gasteiger partial charge in [-0.1, -0.05) is 18.2 Å². The SMILES string of the molecule is COc1cccc2cc(-c3csc(NC(=O)C=Cc4cccs4)n3)oc12. The Bertz CT molecular complexity index is 1080. The highest BCUT2D eigenvalue weighted by atomic mass is 32.1.